The molecule has 114 valence electrons. The third-order valence-electron chi connectivity index (χ3n) is 4.93. The molecule has 1 unspecified atom stereocenters. The Morgan fingerprint density at radius 2 is 2.05 bits per heavy atom. The number of amides is 2. The summed E-state index contributed by atoms with van der Waals surface area (Å²) in [5.41, 5.74) is -0.0496. The smallest absolute Gasteiger partial charge is 0.320 e. The van der Waals surface area contributed by atoms with Gasteiger partial charge in [0.2, 0.25) is 0 Å². The second-order valence-corrected chi connectivity index (χ2v) is 6.50. The molecule has 3 heterocycles. The van der Waals surface area contributed by atoms with Crippen LogP contribution in [-0.2, 0) is 9.47 Å². The first-order valence-corrected chi connectivity index (χ1v) is 7.89. The lowest BCUT2D eigenvalue weighted by molar-refractivity contribution is -0.168. The van der Waals surface area contributed by atoms with Gasteiger partial charge in [0.25, 0.3) is 0 Å². The first-order valence-electron chi connectivity index (χ1n) is 7.89. The van der Waals surface area contributed by atoms with Crippen LogP contribution < -0.4 is 0 Å². The monoisotopic (exact) mass is 282 g/mol. The van der Waals surface area contributed by atoms with E-state index in [1.165, 1.54) is 0 Å². The summed E-state index contributed by atoms with van der Waals surface area (Å²) in [7, 11) is 1.76. The van der Waals surface area contributed by atoms with Gasteiger partial charge in [-0.05, 0) is 38.0 Å². The minimum absolute atomic E-state index is 0.0496. The van der Waals surface area contributed by atoms with Crippen molar-refractivity contribution in [2.45, 2.75) is 37.7 Å². The van der Waals surface area contributed by atoms with Gasteiger partial charge in [0.1, 0.15) is 5.60 Å². The van der Waals surface area contributed by atoms with E-state index in [4.69, 9.17) is 9.47 Å². The largest absolute Gasteiger partial charge is 0.385 e. The Kier molecular flexibility index (Phi) is 4.17. The Hall–Kier alpha value is -0.810. The first kappa shape index (κ1) is 14.1. The van der Waals surface area contributed by atoms with Gasteiger partial charge < -0.3 is 19.3 Å². The van der Waals surface area contributed by atoms with Crippen molar-refractivity contribution in [3.63, 3.8) is 0 Å². The molecule has 3 aliphatic rings. The summed E-state index contributed by atoms with van der Waals surface area (Å²) in [6.45, 7) is 5.09. The molecule has 0 aliphatic carbocycles. The summed E-state index contributed by atoms with van der Waals surface area (Å²) in [5, 5.41) is 0. The van der Waals surface area contributed by atoms with E-state index in [0.29, 0.717) is 5.92 Å². The zero-order chi connectivity index (χ0) is 14.0. The van der Waals surface area contributed by atoms with Gasteiger partial charge in [-0.1, -0.05) is 0 Å². The van der Waals surface area contributed by atoms with Crippen molar-refractivity contribution in [3.05, 3.63) is 0 Å². The van der Waals surface area contributed by atoms with Gasteiger partial charge in [0, 0.05) is 33.4 Å². The molecule has 3 rings (SSSR count). The third-order valence-corrected chi connectivity index (χ3v) is 4.93. The molecule has 0 aromatic carbocycles. The Balaban J connectivity index is 1.48. The predicted octanol–water partition coefficient (Wildman–Crippen LogP) is 1.72. The fourth-order valence-corrected chi connectivity index (χ4v) is 3.77. The van der Waals surface area contributed by atoms with Crippen LogP contribution in [0.2, 0.25) is 0 Å². The van der Waals surface area contributed by atoms with Crippen LogP contribution in [0.4, 0.5) is 4.79 Å². The van der Waals surface area contributed by atoms with Crippen molar-refractivity contribution in [2.75, 3.05) is 46.5 Å². The fraction of sp³-hybridized carbons (Fsp3) is 0.933. The molecule has 0 aromatic rings. The fourth-order valence-electron chi connectivity index (χ4n) is 3.77. The number of urea groups is 1. The molecule has 20 heavy (non-hydrogen) atoms. The second-order valence-electron chi connectivity index (χ2n) is 6.50. The summed E-state index contributed by atoms with van der Waals surface area (Å²) in [6.07, 6.45) is 5.63. The van der Waals surface area contributed by atoms with Gasteiger partial charge in [0.05, 0.1) is 13.1 Å². The quantitative estimate of drug-likeness (QED) is 0.791. The number of rotatable bonds is 3. The van der Waals surface area contributed by atoms with Gasteiger partial charge in [-0.15, -0.1) is 0 Å². The number of carbonyl (C=O) groups excluding carboxylic acids is 1. The van der Waals surface area contributed by atoms with E-state index in [2.05, 4.69) is 0 Å². The van der Waals surface area contributed by atoms with Crippen molar-refractivity contribution in [1.82, 2.24) is 9.80 Å². The minimum Gasteiger partial charge on any atom is -0.385 e. The van der Waals surface area contributed by atoms with Crippen LogP contribution in [0.25, 0.3) is 0 Å². The van der Waals surface area contributed by atoms with Crippen molar-refractivity contribution >= 4 is 6.03 Å². The number of carbonyl (C=O) groups is 1. The topological polar surface area (TPSA) is 42.0 Å². The first-order chi connectivity index (χ1) is 9.72. The number of ether oxygens (including phenoxy) is 2. The maximum absolute atomic E-state index is 12.3. The predicted molar refractivity (Wildman–Crippen MR) is 75.7 cm³/mol. The van der Waals surface area contributed by atoms with E-state index in [1.807, 2.05) is 9.80 Å². The van der Waals surface area contributed by atoms with Crippen molar-refractivity contribution in [3.8, 4) is 0 Å². The van der Waals surface area contributed by atoms with Crippen LogP contribution in [0.3, 0.4) is 0 Å². The molecule has 0 aromatic heterocycles. The maximum Gasteiger partial charge on any atom is 0.320 e. The van der Waals surface area contributed by atoms with Gasteiger partial charge in [-0.2, -0.15) is 0 Å². The zero-order valence-corrected chi connectivity index (χ0v) is 12.5. The standard InChI is InChI=1S/C15H26N2O3/c1-19-8-4-13-5-9-20-15(10-13)11-17(12-15)14(18)16-6-2-3-7-16/h13H,2-12H2,1H3. The molecule has 3 aliphatic heterocycles. The highest BCUT2D eigenvalue weighted by Gasteiger charge is 2.50. The highest BCUT2D eigenvalue weighted by atomic mass is 16.5. The van der Waals surface area contributed by atoms with Gasteiger partial charge >= 0.3 is 6.03 Å². The van der Waals surface area contributed by atoms with Crippen LogP contribution in [0.5, 0.6) is 0 Å². The lowest BCUT2D eigenvalue weighted by Gasteiger charge is -2.53. The summed E-state index contributed by atoms with van der Waals surface area (Å²) in [5.74, 6) is 0.688. The Bertz CT molecular complexity index is 349. The molecule has 3 fully saturated rings. The molecular weight excluding hydrogens is 256 g/mol. The Labute approximate surface area is 121 Å². The van der Waals surface area contributed by atoms with E-state index in [1.54, 1.807) is 7.11 Å². The highest BCUT2D eigenvalue weighted by Crippen LogP contribution is 2.38. The third kappa shape index (κ3) is 2.79. The van der Waals surface area contributed by atoms with Gasteiger partial charge in [0.15, 0.2) is 0 Å². The van der Waals surface area contributed by atoms with Crippen LogP contribution in [0.15, 0.2) is 0 Å². The van der Waals surface area contributed by atoms with Crippen LogP contribution >= 0.6 is 0 Å². The summed E-state index contributed by atoms with van der Waals surface area (Å²) in [4.78, 5) is 16.2. The SMILES string of the molecule is COCCC1CCOC2(C1)CN(C(=O)N1CCCC1)C2. The summed E-state index contributed by atoms with van der Waals surface area (Å²) in [6, 6.07) is 0.218. The highest BCUT2D eigenvalue weighted by molar-refractivity contribution is 5.76. The Morgan fingerprint density at radius 1 is 1.30 bits per heavy atom. The summed E-state index contributed by atoms with van der Waals surface area (Å²) >= 11 is 0. The zero-order valence-electron chi connectivity index (χ0n) is 12.5. The lowest BCUT2D eigenvalue weighted by atomic mass is 9.79. The van der Waals surface area contributed by atoms with Gasteiger partial charge in [-0.3, -0.25) is 0 Å². The van der Waals surface area contributed by atoms with Crippen LogP contribution in [0, 0.1) is 5.92 Å². The number of hydrogen-bond acceptors (Lipinski definition) is 3. The van der Waals surface area contributed by atoms with E-state index >= 15 is 0 Å². The molecule has 3 saturated heterocycles. The average molecular weight is 282 g/mol. The molecule has 1 spiro atoms. The molecule has 0 bridgehead atoms. The molecule has 5 heteroatoms. The number of likely N-dealkylation sites (tertiary alicyclic amines) is 2. The van der Waals surface area contributed by atoms with Crippen LogP contribution in [0.1, 0.15) is 32.1 Å². The minimum atomic E-state index is -0.0496. The normalized spacial score (nSPS) is 28.8. The number of hydrogen-bond donors (Lipinski definition) is 0. The molecule has 0 N–H and O–H groups in total. The molecule has 0 radical (unpaired) electrons. The van der Waals surface area contributed by atoms with Crippen molar-refractivity contribution in [2.24, 2.45) is 5.92 Å². The van der Waals surface area contributed by atoms with E-state index in [-0.39, 0.29) is 11.6 Å². The van der Waals surface area contributed by atoms with E-state index in [9.17, 15) is 4.79 Å². The van der Waals surface area contributed by atoms with E-state index < -0.39 is 0 Å². The maximum atomic E-state index is 12.3. The lowest BCUT2D eigenvalue weighted by Crippen LogP contribution is -2.68. The number of nitrogens with zero attached hydrogens (tertiary/aromatic N) is 2. The average Bonchev–Trinajstić information content (AvgIpc) is 2.96. The molecule has 1 atom stereocenters. The summed E-state index contributed by atoms with van der Waals surface area (Å²) < 4.78 is 11.2. The molecular formula is C15H26N2O3. The Morgan fingerprint density at radius 3 is 2.75 bits per heavy atom. The van der Waals surface area contributed by atoms with Crippen molar-refractivity contribution in [1.29, 1.82) is 0 Å². The molecule has 0 saturated carbocycles. The van der Waals surface area contributed by atoms with Crippen molar-refractivity contribution < 1.29 is 14.3 Å². The van der Waals surface area contributed by atoms with E-state index in [0.717, 1.165) is 71.5 Å². The second kappa shape index (κ2) is 5.90. The van der Waals surface area contributed by atoms with Crippen LogP contribution in [-0.4, -0.2) is 67.9 Å². The molecule has 2 amide bonds. The number of methoxy groups -OCH3 is 1. The molecule has 5 nitrogen and oxygen atoms in total. The van der Waals surface area contributed by atoms with Gasteiger partial charge in [-0.25, -0.2) is 4.79 Å².